The molecule has 0 aliphatic heterocycles. The van der Waals surface area contributed by atoms with Gasteiger partial charge in [-0.3, -0.25) is 4.79 Å². The van der Waals surface area contributed by atoms with Gasteiger partial charge in [-0.05, 0) is 44.0 Å². The average molecular weight is 399 g/mol. The van der Waals surface area contributed by atoms with Crippen LogP contribution in [0.2, 0.25) is 0 Å². The molecule has 0 radical (unpaired) electrons. The summed E-state index contributed by atoms with van der Waals surface area (Å²) in [7, 11) is 1.62. The number of para-hydroxylation sites is 1. The van der Waals surface area contributed by atoms with E-state index in [1.54, 1.807) is 25.3 Å². The average Bonchev–Trinajstić information content (AvgIpc) is 3.56. The number of hydrogen-bond donors (Lipinski definition) is 1. The first-order valence-corrected chi connectivity index (χ1v) is 9.57. The van der Waals surface area contributed by atoms with E-state index in [2.05, 4.69) is 0 Å². The molecule has 3 rings (SSSR count). The molecule has 154 valence electrons. The van der Waals surface area contributed by atoms with Crippen LogP contribution in [0.1, 0.15) is 35.7 Å². The van der Waals surface area contributed by atoms with Gasteiger partial charge in [0.15, 0.2) is 18.1 Å². The van der Waals surface area contributed by atoms with E-state index >= 15 is 0 Å². The molecule has 1 fully saturated rings. The van der Waals surface area contributed by atoms with Crippen molar-refractivity contribution in [1.82, 2.24) is 4.90 Å². The van der Waals surface area contributed by atoms with Crippen LogP contribution in [0.15, 0.2) is 42.5 Å². The monoisotopic (exact) mass is 399 g/mol. The number of rotatable bonds is 10. The molecular weight excluding hydrogens is 374 g/mol. The highest BCUT2D eigenvalue weighted by molar-refractivity contribution is 5.95. The Morgan fingerprint density at radius 2 is 1.83 bits per heavy atom. The van der Waals surface area contributed by atoms with Gasteiger partial charge in [0.25, 0.3) is 5.91 Å². The Morgan fingerprint density at radius 3 is 2.48 bits per heavy atom. The van der Waals surface area contributed by atoms with Crippen LogP contribution in [0.5, 0.6) is 17.2 Å². The highest BCUT2D eigenvalue weighted by Gasteiger charge is 2.34. The first-order chi connectivity index (χ1) is 14.0. The molecule has 0 saturated heterocycles. The van der Waals surface area contributed by atoms with Crippen LogP contribution in [0.25, 0.3) is 0 Å². The molecule has 1 aliphatic carbocycles. The number of carbonyl (C=O) groups is 2. The SMILES string of the molecule is CCOc1cc(C(=O)N(Cc2ccccc2OC)C2CC2)ccc1OCC(=O)O. The lowest BCUT2D eigenvalue weighted by Crippen LogP contribution is -2.32. The third-order valence-corrected chi connectivity index (χ3v) is 4.62. The van der Waals surface area contributed by atoms with Crippen molar-refractivity contribution in [2.45, 2.75) is 32.4 Å². The summed E-state index contributed by atoms with van der Waals surface area (Å²) in [5.41, 5.74) is 1.42. The minimum atomic E-state index is -1.08. The van der Waals surface area contributed by atoms with Gasteiger partial charge in [-0.15, -0.1) is 0 Å². The molecule has 0 atom stereocenters. The number of benzene rings is 2. The predicted octanol–water partition coefficient (Wildman–Crippen LogP) is 3.36. The van der Waals surface area contributed by atoms with Crippen molar-refractivity contribution in [1.29, 1.82) is 0 Å². The number of ether oxygens (including phenoxy) is 3. The minimum Gasteiger partial charge on any atom is -0.496 e. The molecule has 0 bridgehead atoms. The lowest BCUT2D eigenvalue weighted by molar-refractivity contribution is -0.139. The molecule has 0 spiro atoms. The Balaban J connectivity index is 1.84. The lowest BCUT2D eigenvalue weighted by atomic mass is 10.1. The smallest absolute Gasteiger partial charge is 0.341 e. The van der Waals surface area contributed by atoms with Crippen LogP contribution in [0.4, 0.5) is 0 Å². The number of carboxylic acid groups (broad SMARTS) is 1. The van der Waals surface area contributed by atoms with Gasteiger partial charge < -0.3 is 24.2 Å². The maximum absolute atomic E-state index is 13.3. The summed E-state index contributed by atoms with van der Waals surface area (Å²) in [5.74, 6) is 0.216. The van der Waals surface area contributed by atoms with E-state index in [1.165, 1.54) is 0 Å². The standard InChI is InChI=1S/C22H25NO6/c1-3-28-20-12-15(8-11-19(20)29-14-21(24)25)22(26)23(17-9-10-17)13-16-6-4-5-7-18(16)27-2/h4-8,11-12,17H,3,9-10,13-14H2,1-2H3,(H,24,25). The quantitative estimate of drug-likeness (QED) is 0.659. The number of carboxylic acids is 1. The van der Waals surface area contributed by atoms with E-state index in [0.29, 0.717) is 30.2 Å². The van der Waals surface area contributed by atoms with E-state index in [0.717, 1.165) is 24.2 Å². The molecule has 0 heterocycles. The molecule has 1 saturated carbocycles. The second-order valence-electron chi connectivity index (χ2n) is 6.75. The zero-order chi connectivity index (χ0) is 20.8. The van der Waals surface area contributed by atoms with Crippen LogP contribution < -0.4 is 14.2 Å². The maximum atomic E-state index is 13.3. The normalized spacial score (nSPS) is 12.9. The topological polar surface area (TPSA) is 85.3 Å². The van der Waals surface area contributed by atoms with E-state index in [1.807, 2.05) is 36.1 Å². The first kappa shape index (κ1) is 20.5. The highest BCUT2D eigenvalue weighted by atomic mass is 16.5. The third kappa shape index (κ3) is 5.19. The van der Waals surface area contributed by atoms with Crippen molar-refractivity contribution in [3.63, 3.8) is 0 Å². The fraction of sp³-hybridized carbons (Fsp3) is 0.364. The van der Waals surface area contributed by atoms with E-state index in [-0.39, 0.29) is 11.9 Å². The number of amides is 1. The molecule has 7 heteroatoms. The highest BCUT2D eigenvalue weighted by Crippen LogP contribution is 2.34. The molecule has 0 aromatic heterocycles. The maximum Gasteiger partial charge on any atom is 0.341 e. The van der Waals surface area contributed by atoms with Gasteiger partial charge in [-0.25, -0.2) is 4.79 Å². The van der Waals surface area contributed by atoms with Crippen molar-refractivity contribution in [2.24, 2.45) is 0 Å². The fourth-order valence-corrected chi connectivity index (χ4v) is 3.10. The Morgan fingerprint density at radius 1 is 1.07 bits per heavy atom. The lowest BCUT2D eigenvalue weighted by Gasteiger charge is -2.24. The minimum absolute atomic E-state index is 0.107. The van der Waals surface area contributed by atoms with Crippen molar-refractivity contribution in [3.8, 4) is 17.2 Å². The van der Waals surface area contributed by atoms with Crippen molar-refractivity contribution in [3.05, 3.63) is 53.6 Å². The number of aliphatic carboxylic acids is 1. The zero-order valence-corrected chi connectivity index (χ0v) is 16.6. The molecule has 2 aromatic rings. The Kier molecular flexibility index (Phi) is 6.59. The number of methoxy groups -OCH3 is 1. The van der Waals surface area contributed by atoms with Gasteiger partial charge in [0.1, 0.15) is 5.75 Å². The van der Waals surface area contributed by atoms with E-state index in [4.69, 9.17) is 19.3 Å². The molecular formula is C22H25NO6. The van der Waals surface area contributed by atoms with E-state index < -0.39 is 12.6 Å². The van der Waals surface area contributed by atoms with Crippen LogP contribution in [0, 0.1) is 0 Å². The summed E-state index contributed by atoms with van der Waals surface area (Å²) < 4.78 is 16.3. The van der Waals surface area contributed by atoms with Crippen LogP contribution in [-0.4, -0.2) is 48.2 Å². The second-order valence-corrected chi connectivity index (χ2v) is 6.75. The van der Waals surface area contributed by atoms with Crippen LogP contribution in [-0.2, 0) is 11.3 Å². The van der Waals surface area contributed by atoms with Gasteiger partial charge in [-0.1, -0.05) is 18.2 Å². The first-order valence-electron chi connectivity index (χ1n) is 9.57. The van der Waals surface area contributed by atoms with Crippen LogP contribution in [0.3, 0.4) is 0 Å². The van der Waals surface area contributed by atoms with E-state index in [9.17, 15) is 9.59 Å². The summed E-state index contributed by atoms with van der Waals surface area (Å²) in [6.07, 6.45) is 1.94. The van der Waals surface area contributed by atoms with Crippen molar-refractivity contribution >= 4 is 11.9 Å². The van der Waals surface area contributed by atoms with Crippen molar-refractivity contribution in [2.75, 3.05) is 20.3 Å². The number of hydrogen-bond acceptors (Lipinski definition) is 5. The number of carbonyl (C=O) groups excluding carboxylic acids is 1. The molecule has 7 nitrogen and oxygen atoms in total. The van der Waals surface area contributed by atoms with Gasteiger partial charge in [0, 0.05) is 23.7 Å². The Bertz CT molecular complexity index is 877. The summed E-state index contributed by atoms with van der Waals surface area (Å²) in [6, 6.07) is 12.7. The van der Waals surface area contributed by atoms with Gasteiger partial charge in [-0.2, -0.15) is 0 Å². The second kappa shape index (κ2) is 9.32. The van der Waals surface area contributed by atoms with Gasteiger partial charge in [0.2, 0.25) is 0 Å². The molecule has 1 aliphatic rings. The van der Waals surface area contributed by atoms with Gasteiger partial charge >= 0.3 is 5.97 Å². The summed E-state index contributed by atoms with van der Waals surface area (Å²) in [4.78, 5) is 25.9. The predicted molar refractivity (Wildman–Crippen MR) is 107 cm³/mol. The molecule has 0 unspecified atom stereocenters. The molecule has 29 heavy (non-hydrogen) atoms. The van der Waals surface area contributed by atoms with Gasteiger partial charge in [0.05, 0.1) is 13.7 Å². The van der Waals surface area contributed by atoms with Crippen molar-refractivity contribution < 1.29 is 28.9 Å². The summed E-state index contributed by atoms with van der Waals surface area (Å²) in [6.45, 7) is 2.16. The zero-order valence-electron chi connectivity index (χ0n) is 16.6. The Labute approximate surface area is 169 Å². The summed E-state index contributed by atoms with van der Waals surface area (Å²) >= 11 is 0. The largest absolute Gasteiger partial charge is 0.496 e. The molecule has 1 amide bonds. The summed E-state index contributed by atoms with van der Waals surface area (Å²) in [5, 5.41) is 8.83. The third-order valence-electron chi connectivity index (χ3n) is 4.62. The Hall–Kier alpha value is -3.22. The fourth-order valence-electron chi connectivity index (χ4n) is 3.10. The molecule has 2 aromatic carbocycles. The van der Waals surface area contributed by atoms with Crippen LogP contribution >= 0.6 is 0 Å². The number of nitrogens with zero attached hydrogens (tertiary/aromatic N) is 1. The molecule has 1 N–H and O–H groups in total.